The van der Waals surface area contributed by atoms with Crippen molar-refractivity contribution < 1.29 is 4.79 Å². The highest BCUT2D eigenvalue weighted by molar-refractivity contribution is 7.12. The number of carbonyl (C=O) groups is 1. The first-order valence-electron chi connectivity index (χ1n) is 10.1. The molecule has 1 aliphatic heterocycles. The summed E-state index contributed by atoms with van der Waals surface area (Å²) in [4.78, 5) is 25.1. The average Bonchev–Trinajstić information content (AvgIpc) is 3.38. The maximum absolute atomic E-state index is 12.5. The summed E-state index contributed by atoms with van der Waals surface area (Å²) in [5, 5.41) is 4.00. The molecule has 1 fully saturated rings. The van der Waals surface area contributed by atoms with Gasteiger partial charge >= 0.3 is 0 Å². The van der Waals surface area contributed by atoms with E-state index in [1.807, 2.05) is 13.1 Å². The lowest BCUT2D eigenvalue weighted by molar-refractivity contribution is -0.120. The SMILES string of the molecule is Cc1ccc(-c2nc(C)sc2CC(=O)NCc2ccc(N3CCCC3)nc2)cc1. The van der Waals surface area contributed by atoms with Crippen LogP contribution in [0.25, 0.3) is 11.3 Å². The van der Waals surface area contributed by atoms with Gasteiger partial charge in [-0.1, -0.05) is 35.9 Å². The number of amides is 1. The van der Waals surface area contributed by atoms with E-state index in [4.69, 9.17) is 0 Å². The number of aryl methyl sites for hydroxylation is 2. The molecule has 29 heavy (non-hydrogen) atoms. The molecular weight excluding hydrogens is 380 g/mol. The van der Waals surface area contributed by atoms with Crippen LogP contribution in [0.4, 0.5) is 5.82 Å². The number of benzene rings is 1. The fourth-order valence-corrected chi connectivity index (χ4v) is 4.55. The summed E-state index contributed by atoms with van der Waals surface area (Å²) in [6.45, 7) is 6.71. The number of aromatic nitrogens is 2. The molecule has 1 N–H and O–H groups in total. The lowest BCUT2D eigenvalue weighted by atomic mass is 10.1. The molecule has 3 heterocycles. The summed E-state index contributed by atoms with van der Waals surface area (Å²) < 4.78 is 0. The van der Waals surface area contributed by atoms with Gasteiger partial charge in [-0.3, -0.25) is 4.79 Å². The van der Waals surface area contributed by atoms with Crippen molar-refractivity contribution in [1.29, 1.82) is 0 Å². The zero-order valence-corrected chi connectivity index (χ0v) is 17.8. The van der Waals surface area contributed by atoms with Crippen LogP contribution in [-0.2, 0) is 17.8 Å². The maximum Gasteiger partial charge on any atom is 0.225 e. The maximum atomic E-state index is 12.5. The first-order valence-corrected chi connectivity index (χ1v) is 10.9. The first-order chi connectivity index (χ1) is 14.1. The Hall–Kier alpha value is -2.73. The number of rotatable bonds is 6. The molecule has 4 rings (SSSR count). The highest BCUT2D eigenvalue weighted by Crippen LogP contribution is 2.28. The van der Waals surface area contributed by atoms with Crippen molar-refractivity contribution in [3.63, 3.8) is 0 Å². The van der Waals surface area contributed by atoms with Crippen molar-refractivity contribution in [2.45, 2.75) is 39.7 Å². The Morgan fingerprint density at radius 1 is 1.10 bits per heavy atom. The lowest BCUT2D eigenvalue weighted by Crippen LogP contribution is -2.24. The van der Waals surface area contributed by atoms with E-state index < -0.39 is 0 Å². The van der Waals surface area contributed by atoms with Crippen molar-refractivity contribution in [2.75, 3.05) is 18.0 Å². The molecule has 0 spiro atoms. The molecule has 1 aliphatic rings. The highest BCUT2D eigenvalue weighted by Gasteiger charge is 2.15. The minimum absolute atomic E-state index is 0.00521. The molecule has 6 heteroatoms. The Balaban J connectivity index is 1.37. The quantitative estimate of drug-likeness (QED) is 0.664. The lowest BCUT2D eigenvalue weighted by Gasteiger charge is -2.16. The Morgan fingerprint density at radius 3 is 2.55 bits per heavy atom. The third-order valence-corrected chi connectivity index (χ3v) is 6.15. The number of pyridine rings is 1. The van der Waals surface area contributed by atoms with Crippen molar-refractivity contribution in [2.24, 2.45) is 0 Å². The van der Waals surface area contributed by atoms with E-state index >= 15 is 0 Å². The Morgan fingerprint density at radius 2 is 1.86 bits per heavy atom. The second-order valence-corrected chi connectivity index (χ2v) is 8.83. The van der Waals surface area contributed by atoms with Crippen LogP contribution in [0.5, 0.6) is 0 Å². The molecule has 2 aromatic heterocycles. The van der Waals surface area contributed by atoms with Crippen LogP contribution in [0.15, 0.2) is 42.6 Å². The van der Waals surface area contributed by atoms with Crippen LogP contribution in [0, 0.1) is 13.8 Å². The van der Waals surface area contributed by atoms with Gasteiger partial charge in [-0.2, -0.15) is 0 Å². The molecule has 150 valence electrons. The van der Waals surface area contributed by atoms with Crippen molar-refractivity contribution in [1.82, 2.24) is 15.3 Å². The topological polar surface area (TPSA) is 58.1 Å². The molecule has 1 saturated heterocycles. The van der Waals surface area contributed by atoms with Crippen LogP contribution >= 0.6 is 11.3 Å². The largest absolute Gasteiger partial charge is 0.357 e. The standard InChI is InChI=1S/C23H26N4OS/c1-16-5-8-19(9-6-16)23-20(29-17(2)26-23)13-22(28)25-15-18-7-10-21(24-14-18)27-11-3-4-12-27/h5-10,14H,3-4,11-13,15H2,1-2H3,(H,25,28). The van der Waals surface area contributed by atoms with Crippen LogP contribution in [0.2, 0.25) is 0 Å². The molecule has 0 bridgehead atoms. The van der Waals surface area contributed by atoms with Crippen LogP contribution < -0.4 is 10.2 Å². The van der Waals surface area contributed by atoms with Gasteiger partial charge in [0.1, 0.15) is 5.82 Å². The second kappa shape index (κ2) is 8.74. The summed E-state index contributed by atoms with van der Waals surface area (Å²) in [5.41, 5.74) is 4.20. The smallest absolute Gasteiger partial charge is 0.225 e. The molecule has 1 aromatic carbocycles. The zero-order valence-electron chi connectivity index (χ0n) is 16.9. The average molecular weight is 407 g/mol. The van der Waals surface area contributed by atoms with Gasteiger partial charge in [0.05, 0.1) is 17.1 Å². The summed E-state index contributed by atoms with van der Waals surface area (Å²) in [7, 11) is 0. The molecule has 0 radical (unpaired) electrons. The predicted octanol–water partition coefficient (Wildman–Crippen LogP) is 4.28. The predicted molar refractivity (Wildman–Crippen MR) is 118 cm³/mol. The molecule has 0 aliphatic carbocycles. The van der Waals surface area contributed by atoms with Crippen molar-refractivity contribution in [3.8, 4) is 11.3 Å². The summed E-state index contributed by atoms with van der Waals surface area (Å²) in [6, 6.07) is 12.4. The number of hydrogen-bond acceptors (Lipinski definition) is 5. The number of carbonyl (C=O) groups excluding carboxylic acids is 1. The van der Waals surface area contributed by atoms with Gasteiger partial charge in [0.25, 0.3) is 0 Å². The second-order valence-electron chi connectivity index (χ2n) is 7.54. The Bertz CT molecular complexity index is 973. The van der Waals surface area contributed by atoms with Gasteiger partial charge in [0.2, 0.25) is 5.91 Å². The molecule has 0 saturated carbocycles. The van der Waals surface area contributed by atoms with E-state index in [0.29, 0.717) is 13.0 Å². The first kappa shape index (κ1) is 19.6. The van der Waals surface area contributed by atoms with Gasteiger partial charge in [0.15, 0.2) is 0 Å². The fraction of sp³-hybridized carbons (Fsp3) is 0.348. The van der Waals surface area contributed by atoms with Gasteiger partial charge in [-0.15, -0.1) is 11.3 Å². The van der Waals surface area contributed by atoms with Gasteiger partial charge in [0, 0.05) is 36.3 Å². The Kier molecular flexibility index (Phi) is 5.90. The van der Waals surface area contributed by atoms with E-state index in [9.17, 15) is 4.79 Å². The number of nitrogens with one attached hydrogen (secondary N) is 1. The molecule has 1 amide bonds. The minimum Gasteiger partial charge on any atom is -0.357 e. The Labute approximate surface area is 175 Å². The molecule has 5 nitrogen and oxygen atoms in total. The normalized spacial score (nSPS) is 13.7. The van der Waals surface area contributed by atoms with E-state index in [1.54, 1.807) is 11.3 Å². The van der Waals surface area contributed by atoms with Crippen molar-refractivity contribution >= 4 is 23.1 Å². The van der Waals surface area contributed by atoms with Crippen LogP contribution in [0.3, 0.4) is 0 Å². The summed E-state index contributed by atoms with van der Waals surface area (Å²) in [6.07, 6.45) is 4.68. The van der Waals surface area contributed by atoms with E-state index in [-0.39, 0.29) is 5.91 Å². The number of anilines is 1. The molecular formula is C23H26N4OS. The molecule has 3 aromatic rings. The number of hydrogen-bond donors (Lipinski definition) is 1. The van der Waals surface area contributed by atoms with Gasteiger partial charge < -0.3 is 10.2 Å². The molecule has 0 unspecified atom stereocenters. The zero-order chi connectivity index (χ0) is 20.2. The third-order valence-electron chi connectivity index (χ3n) is 5.18. The van der Waals surface area contributed by atoms with Crippen LogP contribution in [-0.4, -0.2) is 29.0 Å². The van der Waals surface area contributed by atoms with Crippen molar-refractivity contribution in [3.05, 3.63) is 63.6 Å². The summed E-state index contributed by atoms with van der Waals surface area (Å²) >= 11 is 1.59. The summed E-state index contributed by atoms with van der Waals surface area (Å²) in [5.74, 6) is 1.03. The highest BCUT2D eigenvalue weighted by atomic mass is 32.1. The third kappa shape index (κ3) is 4.82. The fourth-order valence-electron chi connectivity index (χ4n) is 3.59. The van der Waals surface area contributed by atoms with Gasteiger partial charge in [-0.25, -0.2) is 9.97 Å². The van der Waals surface area contributed by atoms with E-state index in [2.05, 4.69) is 63.5 Å². The number of thiazole rings is 1. The van der Waals surface area contributed by atoms with Gasteiger partial charge in [-0.05, 0) is 38.3 Å². The minimum atomic E-state index is 0.00521. The van der Waals surface area contributed by atoms with Crippen LogP contribution in [0.1, 0.15) is 33.9 Å². The monoisotopic (exact) mass is 406 g/mol. The molecule has 0 atom stereocenters. The van der Waals surface area contributed by atoms with E-state index in [0.717, 1.165) is 45.6 Å². The van der Waals surface area contributed by atoms with E-state index in [1.165, 1.54) is 18.4 Å². The number of nitrogens with zero attached hydrogens (tertiary/aromatic N) is 3.